The summed E-state index contributed by atoms with van der Waals surface area (Å²) in [6.45, 7) is 4.53. The standard InChI is InChI=1S/C13H16N4O2/c1-8(2)12-16-13(19-17-12)15-7-9-3-5-10(6-4-9)11(14)18/h3-6,8H,7H2,1-2H3,(H2,14,18)(H,15,16,17). The maximum Gasteiger partial charge on any atom is 0.321 e. The van der Waals surface area contributed by atoms with Crippen LogP contribution in [0, 0.1) is 0 Å². The van der Waals surface area contributed by atoms with Gasteiger partial charge in [0.25, 0.3) is 0 Å². The Morgan fingerprint density at radius 1 is 1.37 bits per heavy atom. The van der Waals surface area contributed by atoms with E-state index in [1.165, 1.54) is 0 Å². The summed E-state index contributed by atoms with van der Waals surface area (Å²) in [7, 11) is 0. The molecule has 3 N–H and O–H groups in total. The van der Waals surface area contributed by atoms with Crippen molar-refractivity contribution in [3.05, 3.63) is 41.2 Å². The van der Waals surface area contributed by atoms with Gasteiger partial charge >= 0.3 is 6.01 Å². The van der Waals surface area contributed by atoms with E-state index in [0.717, 1.165) is 5.56 Å². The lowest BCUT2D eigenvalue weighted by molar-refractivity contribution is 0.100. The van der Waals surface area contributed by atoms with Gasteiger partial charge in [-0.3, -0.25) is 4.79 Å². The first-order valence-electron chi connectivity index (χ1n) is 6.02. The minimum atomic E-state index is -0.432. The lowest BCUT2D eigenvalue weighted by atomic mass is 10.1. The number of hydrogen-bond donors (Lipinski definition) is 2. The first-order valence-corrected chi connectivity index (χ1v) is 6.02. The first kappa shape index (κ1) is 13.1. The number of nitrogens with zero attached hydrogens (tertiary/aromatic N) is 2. The van der Waals surface area contributed by atoms with Crippen LogP contribution in [0.1, 0.15) is 41.5 Å². The highest BCUT2D eigenvalue weighted by molar-refractivity contribution is 5.92. The summed E-state index contributed by atoms with van der Waals surface area (Å²) in [6.07, 6.45) is 0. The van der Waals surface area contributed by atoms with Crippen LogP contribution in [0.4, 0.5) is 6.01 Å². The van der Waals surface area contributed by atoms with Gasteiger partial charge in [-0.1, -0.05) is 31.1 Å². The molecular formula is C13H16N4O2. The van der Waals surface area contributed by atoms with E-state index in [4.69, 9.17) is 10.3 Å². The fraction of sp³-hybridized carbons (Fsp3) is 0.308. The molecule has 0 radical (unpaired) electrons. The third kappa shape index (κ3) is 3.31. The summed E-state index contributed by atoms with van der Waals surface area (Å²) in [6, 6.07) is 7.42. The van der Waals surface area contributed by atoms with E-state index in [-0.39, 0.29) is 5.92 Å². The molecule has 0 atom stereocenters. The smallest absolute Gasteiger partial charge is 0.321 e. The van der Waals surface area contributed by atoms with Crippen LogP contribution in [0.15, 0.2) is 28.8 Å². The number of benzene rings is 1. The number of primary amides is 1. The average molecular weight is 260 g/mol. The van der Waals surface area contributed by atoms with E-state index < -0.39 is 5.91 Å². The highest BCUT2D eigenvalue weighted by Crippen LogP contribution is 2.13. The topological polar surface area (TPSA) is 94.0 Å². The maximum absolute atomic E-state index is 10.9. The molecule has 0 bridgehead atoms. The van der Waals surface area contributed by atoms with Crippen LogP contribution in [-0.4, -0.2) is 16.0 Å². The first-order chi connectivity index (χ1) is 9.06. The number of nitrogens with one attached hydrogen (secondary N) is 1. The van der Waals surface area contributed by atoms with E-state index in [2.05, 4.69) is 15.5 Å². The highest BCUT2D eigenvalue weighted by Gasteiger charge is 2.09. The second kappa shape index (κ2) is 5.51. The van der Waals surface area contributed by atoms with Gasteiger partial charge in [0.2, 0.25) is 5.91 Å². The molecule has 1 aromatic heterocycles. The minimum Gasteiger partial charge on any atom is -0.366 e. The molecule has 0 spiro atoms. The molecule has 1 heterocycles. The maximum atomic E-state index is 10.9. The van der Waals surface area contributed by atoms with Crippen LogP contribution < -0.4 is 11.1 Å². The average Bonchev–Trinajstić information content (AvgIpc) is 2.86. The van der Waals surface area contributed by atoms with Crippen molar-refractivity contribution >= 4 is 11.9 Å². The van der Waals surface area contributed by atoms with Crippen molar-refractivity contribution < 1.29 is 9.32 Å². The summed E-state index contributed by atoms with van der Waals surface area (Å²) in [5.74, 6) is 0.471. The Hall–Kier alpha value is -2.37. The number of aromatic nitrogens is 2. The Kier molecular flexibility index (Phi) is 3.79. The number of amides is 1. The molecule has 0 saturated heterocycles. The third-order valence-electron chi connectivity index (χ3n) is 2.64. The molecule has 0 unspecified atom stereocenters. The normalized spacial score (nSPS) is 10.7. The Balaban J connectivity index is 1.96. The van der Waals surface area contributed by atoms with E-state index in [1.54, 1.807) is 12.1 Å². The number of carbonyl (C=O) groups is 1. The summed E-state index contributed by atoms with van der Waals surface area (Å²) in [5.41, 5.74) is 6.66. The molecule has 2 rings (SSSR count). The lowest BCUT2D eigenvalue weighted by Crippen LogP contribution is -2.10. The molecule has 1 aromatic carbocycles. The molecule has 0 aliphatic rings. The van der Waals surface area contributed by atoms with Crippen molar-refractivity contribution in [1.82, 2.24) is 10.1 Å². The number of carbonyl (C=O) groups excluding carboxylic acids is 1. The van der Waals surface area contributed by atoms with Crippen molar-refractivity contribution in [2.45, 2.75) is 26.3 Å². The summed E-state index contributed by atoms with van der Waals surface area (Å²) in [4.78, 5) is 15.1. The molecule has 100 valence electrons. The zero-order valence-electron chi connectivity index (χ0n) is 10.9. The fourth-order valence-corrected chi connectivity index (χ4v) is 1.51. The number of nitrogens with two attached hydrogens (primary N) is 1. The van der Waals surface area contributed by atoms with Crippen molar-refractivity contribution in [1.29, 1.82) is 0 Å². The van der Waals surface area contributed by atoms with Gasteiger partial charge < -0.3 is 15.6 Å². The highest BCUT2D eigenvalue weighted by atomic mass is 16.5. The molecule has 2 aromatic rings. The summed E-state index contributed by atoms with van der Waals surface area (Å²) < 4.78 is 5.06. The van der Waals surface area contributed by atoms with Crippen LogP contribution in [0.25, 0.3) is 0 Å². The number of rotatable bonds is 5. The van der Waals surface area contributed by atoms with Crippen LogP contribution in [0.2, 0.25) is 0 Å². The Labute approximate surface area is 111 Å². The van der Waals surface area contributed by atoms with E-state index >= 15 is 0 Å². The molecule has 0 aliphatic carbocycles. The van der Waals surface area contributed by atoms with E-state index in [9.17, 15) is 4.79 Å². The van der Waals surface area contributed by atoms with Gasteiger partial charge in [-0.25, -0.2) is 0 Å². The van der Waals surface area contributed by atoms with Crippen LogP contribution in [0.5, 0.6) is 0 Å². The van der Waals surface area contributed by atoms with Crippen molar-refractivity contribution in [3.63, 3.8) is 0 Å². The predicted octanol–water partition coefficient (Wildman–Crippen LogP) is 1.90. The Bertz CT molecular complexity index is 560. The predicted molar refractivity (Wildman–Crippen MR) is 70.7 cm³/mol. The van der Waals surface area contributed by atoms with Gasteiger partial charge in [0.05, 0.1) is 0 Å². The van der Waals surface area contributed by atoms with Gasteiger partial charge in [-0.15, -0.1) is 0 Å². The van der Waals surface area contributed by atoms with Crippen molar-refractivity contribution in [2.75, 3.05) is 5.32 Å². The van der Waals surface area contributed by atoms with Crippen LogP contribution >= 0.6 is 0 Å². The largest absolute Gasteiger partial charge is 0.366 e. The second-order valence-electron chi connectivity index (χ2n) is 4.53. The summed E-state index contributed by atoms with van der Waals surface area (Å²) >= 11 is 0. The van der Waals surface area contributed by atoms with Gasteiger partial charge in [0.1, 0.15) is 0 Å². The van der Waals surface area contributed by atoms with E-state index in [1.807, 2.05) is 26.0 Å². The monoisotopic (exact) mass is 260 g/mol. The Morgan fingerprint density at radius 3 is 2.58 bits per heavy atom. The third-order valence-corrected chi connectivity index (χ3v) is 2.64. The zero-order valence-corrected chi connectivity index (χ0v) is 10.9. The van der Waals surface area contributed by atoms with E-state index in [0.29, 0.717) is 23.9 Å². The van der Waals surface area contributed by atoms with Crippen molar-refractivity contribution in [2.24, 2.45) is 5.73 Å². The molecule has 19 heavy (non-hydrogen) atoms. The molecule has 0 fully saturated rings. The van der Waals surface area contributed by atoms with Gasteiger partial charge in [0, 0.05) is 18.0 Å². The fourth-order valence-electron chi connectivity index (χ4n) is 1.51. The molecule has 0 saturated carbocycles. The number of hydrogen-bond acceptors (Lipinski definition) is 5. The molecule has 0 aliphatic heterocycles. The van der Waals surface area contributed by atoms with Crippen LogP contribution in [0.3, 0.4) is 0 Å². The second-order valence-corrected chi connectivity index (χ2v) is 4.53. The molecule has 1 amide bonds. The van der Waals surface area contributed by atoms with Crippen molar-refractivity contribution in [3.8, 4) is 0 Å². The zero-order chi connectivity index (χ0) is 13.8. The van der Waals surface area contributed by atoms with Gasteiger partial charge in [-0.2, -0.15) is 4.98 Å². The SMILES string of the molecule is CC(C)c1noc(NCc2ccc(C(N)=O)cc2)n1. The molecule has 6 heteroatoms. The van der Waals surface area contributed by atoms with Crippen LogP contribution in [-0.2, 0) is 6.54 Å². The summed E-state index contributed by atoms with van der Waals surface area (Å²) in [5, 5.41) is 6.88. The number of anilines is 1. The van der Waals surface area contributed by atoms with Gasteiger partial charge in [-0.05, 0) is 17.7 Å². The quantitative estimate of drug-likeness (QED) is 0.856. The lowest BCUT2D eigenvalue weighted by Gasteiger charge is -2.02. The molecule has 6 nitrogen and oxygen atoms in total. The minimum absolute atomic E-state index is 0.231. The molecular weight excluding hydrogens is 244 g/mol. The Morgan fingerprint density at radius 2 is 2.05 bits per heavy atom. The van der Waals surface area contributed by atoms with Gasteiger partial charge in [0.15, 0.2) is 5.82 Å².